The van der Waals surface area contributed by atoms with Crippen molar-refractivity contribution in [2.24, 2.45) is 0 Å². The molecule has 1 fully saturated rings. The summed E-state index contributed by atoms with van der Waals surface area (Å²) in [6.07, 6.45) is -0.0538. The average molecular weight is 258 g/mol. The van der Waals surface area contributed by atoms with Crippen LogP contribution in [-0.2, 0) is 9.47 Å². The maximum Gasteiger partial charge on any atom is 0.163 e. The zero-order valence-electron chi connectivity index (χ0n) is 9.90. The van der Waals surface area contributed by atoms with Gasteiger partial charge in [0.1, 0.15) is 18.5 Å². The van der Waals surface area contributed by atoms with Crippen molar-refractivity contribution in [3.8, 4) is 5.75 Å². The van der Waals surface area contributed by atoms with Crippen molar-refractivity contribution < 1.29 is 14.2 Å². The third kappa shape index (κ3) is 3.25. The number of benzene rings is 1. The van der Waals surface area contributed by atoms with Crippen LogP contribution in [0.15, 0.2) is 18.2 Å². The molecule has 1 heterocycles. The zero-order valence-corrected chi connectivity index (χ0v) is 10.7. The summed E-state index contributed by atoms with van der Waals surface area (Å²) in [4.78, 5) is 0. The second kappa shape index (κ2) is 4.72. The largest absolute Gasteiger partial charge is 0.491 e. The molecule has 0 aromatic heterocycles. The lowest BCUT2D eigenvalue weighted by Gasteiger charge is -2.17. The van der Waals surface area contributed by atoms with Crippen molar-refractivity contribution >= 4 is 17.3 Å². The predicted molar refractivity (Wildman–Crippen MR) is 66.3 cm³/mol. The van der Waals surface area contributed by atoms with Gasteiger partial charge in [-0.2, -0.15) is 0 Å². The molecule has 1 aliphatic heterocycles. The van der Waals surface area contributed by atoms with Gasteiger partial charge in [0, 0.05) is 6.07 Å². The molecule has 0 spiro atoms. The van der Waals surface area contributed by atoms with Crippen LogP contribution in [0.4, 0.5) is 5.69 Å². The quantitative estimate of drug-likeness (QED) is 0.845. The van der Waals surface area contributed by atoms with Crippen LogP contribution in [0.1, 0.15) is 13.8 Å². The zero-order chi connectivity index (χ0) is 12.5. The van der Waals surface area contributed by atoms with E-state index in [-0.39, 0.29) is 6.10 Å². The van der Waals surface area contributed by atoms with Crippen molar-refractivity contribution in [1.29, 1.82) is 0 Å². The molecule has 0 amide bonds. The molecule has 0 saturated carbocycles. The summed E-state index contributed by atoms with van der Waals surface area (Å²) in [6.45, 7) is 4.74. The first-order valence-corrected chi connectivity index (χ1v) is 5.84. The number of ether oxygens (including phenoxy) is 3. The molecule has 1 atom stereocenters. The van der Waals surface area contributed by atoms with E-state index < -0.39 is 5.79 Å². The normalized spacial score (nSPS) is 22.6. The van der Waals surface area contributed by atoms with Crippen LogP contribution >= 0.6 is 11.6 Å². The molecule has 1 aromatic carbocycles. The van der Waals surface area contributed by atoms with E-state index in [0.29, 0.717) is 29.7 Å². The lowest BCUT2D eigenvalue weighted by Crippen LogP contribution is -2.25. The molecule has 1 aromatic rings. The highest BCUT2D eigenvalue weighted by atomic mass is 35.5. The van der Waals surface area contributed by atoms with Gasteiger partial charge < -0.3 is 19.9 Å². The Morgan fingerprint density at radius 2 is 2.29 bits per heavy atom. The standard InChI is InChI=1S/C12H16ClNO3/c1-12(2)16-7-9(17-12)6-15-8-3-4-10(13)11(14)5-8/h3-5,9H,6-7,14H2,1-2H3. The molecule has 0 radical (unpaired) electrons. The fraction of sp³-hybridized carbons (Fsp3) is 0.500. The maximum absolute atomic E-state index is 5.82. The Morgan fingerprint density at radius 3 is 2.88 bits per heavy atom. The highest BCUT2D eigenvalue weighted by molar-refractivity contribution is 6.33. The van der Waals surface area contributed by atoms with E-state index in [4.69, 9.17) is 31.5 Å². The maximum atomic E-state index is 5.82. The summed E-state index contributed by atoms with van der Waals surface area (Å²) in [5.74, 6) is 0.160. The molecule has 0 bridgehead atoms. The molecule has 2 N–H and O–H groups in total. The van der Waals surface area contributed by atoms with Crippen LogP contribution in [0.25, 0.3) is 0 Å². The first kappa shape index (κ1) is 12.5. The fourth-order valence-electron chi connectivity index (χ4n) is 1.65. The number of nitrogens with two attached hydrogens (primary N) is 1. The first-order chi connectivity index (χ1) is 7.96. The van der Waals surface area contributed by atoms with Gasteiger partial charge in [0.2, 0.25) is 0 Å². The second-order valence-electron chi connectivity index (χ2n) is 4.45. The van der Waals surface area contributed by atoms with Gasteiger partial charge >= 0.3 is 0 Å². The Kier molecular flexibility index (Phi) is 3.47. The van der Waals surface area contributed by atoms with E-state index in [1.807, 2.05) is 13.8 Å². The van der Waals surface area contributed by atoms with Gasteiger partial charge in [-0.3, -0.25) is 0 Å². The van der Waals surface area contributed by atoms with Gasteiger partial charge in [0.25, 0.3) is 0 Å². The van der Waals surface area contributed by atoms with E-state index in [2.05, 4.69) is 0 Å². The highest BCUT2D eigenvalue weighted by Crippen LogP contribution is 2.26. The second-order valence-corrected chi connectivity index (χ2v) is 4.85. The Labute approximate surface area is 106 Å². The number of anilines is 1. The molecule has 5 heteroatoms. The summed E-state index contributed by atoms with van der Waals surface area (Å²) < 4.78 is 16.6. The Morgan fingerprint density at radius 1 is 1.53 bits per heavy atom. The summed E-state index contributed by atoms with van der Waals surface area (Å²) >= 11 is 5.82. The number of rotatable bonds is 3. The molecule has 1 saturated heterocycles. The molecule has 17 heavy (non-hydrogen) atoms. The van der Waals surface area contributed by atoms with Crippen molar-refractivity contribution in [3.63, 3.8) is 0 Å². The van der Waals surface area contributed by atoms with Crippen molar-refractivity contribution in [3.05, 3.63) is 23.2 Å². The summed E-state index contributed by atoms with van der Waals surface area (Å²) in [7, 11) is 0. The van der Waals surface area contributed by atoms with Crippen molar-refractivity contribution in [2.45, 2.75) is 25.7 Å². The first-order valence-electron chi connectivity index (χ1n) is 5.46. The summed E-state index contributed by atoms with van der Waals surface area (Å²) in [6, 6.07) is 5.19. The van der Waals surface area contributed by atoms with Crippen molar-refractivity contribution in [1.82, 2.24) is 0 Å². The Hall–Kier alpha value is -0.970. The smallest absolute Gasteiger partial charge is 0.163 e. The van der Waals surface area contributed by atoms with E-state index >= 15 is 0 Å². The Bertz CT molecular complexity index is 409. The SMILES string of the molecule is CC1(C)OCC(COc2ccc(Cl)c(N)c2)O1. The molecule has 1 unspecified atom stereocenters. The van der Waals surface area contributed by atoms with Crippen LogP contribution in [0.2, 0.25) is 5.02 Å². The molecular weight excluding hydrogens is 242 g/mol. The van der Waals surface area contributed by atoms with Crippen molar-refractivity contribution in [2.75, 3.05) is 18.9 Å². The highest BCUT2D eigenvalue weighted by Gasteiger charge is 2.32. The molecule has 1 aliphatic rings. The van der Waals surface area contributed by atoms with E-state index in [0.717, 1.165) is 0 Å². The van der Waals surface area contributed by atoms with E-state index in [9.17, 15) is 0 Å². The van der Waals surface area contributed by atoms with Gasteiger partial charge in [0.05, 0.1) is 17.3 Å². The molecular formula is C12H16ClNO3. The topological polar surface area (TPSA) is 53.7 Å². The minimum absolute atomic E-state index is 0.0538. The van der Waals surface area contributed by atoms with Gasteiger partial charge in [0.15, 0.2) is 5.79 Å². The summed E-state index contributed by atoms with van der Waals surface area (Å²) in [5.41, 5.74) is 6.19. The molecule has 94 valence electrons. The van der Waals surface area contributed by atoms with Gasteiger partial charge in [-0.1, -0.05) is 11.6 Å². The summed E-state index contributed by atoms with van der Waals surface area (Å²) in [5, 5.41) is 0.527. The van der Waals surface area contributed by atoms with Gasteiger partial charge in [-0.25, -0.2) is 0 Å². The van der Waals surface area contributed by atoms with Crippen LogP contribution in [0.3, 0.4) is 0 Å². The third-order valence-corrected chi connectivity index (χ3v) is 2.81. The molecule has 0 aliphatic carbocycles. The molecule has 4 nitrogen and oxygen atoms in total. The van der Waals surface area contributed by atoms with Gasteiger partial charge in [-0.05, 0) is 26.0 Å². The van der Waals surface area contributed by atoms with Gasteiger partial charge in [-0.15, -0.1) is 0 Å². The van der Waals surface area contributed by atoms with E-state index in [1.165, 1.54) is 0 Å². The number of hydrogen-bond acceptors (Lipinski definition) is 4. The minimum Gasteiger partial charge on any atom is -0.491 e. The third-order valence-electron chi connectivity index (χ3n) is 2.47. The lowest BCUT2D eigenvalue weighted by molar-refractivity contribution is -0.141. The van der Waals surface area contributed by atoms with Crippen LogP contribution in [0.5, 0.6) is 5.75 Å². The monoisotopic (exact) mass is 257 g/mol. The minimum atomic E-state index is -0.521. The molecule has 2 rings (SSSR count). The van der Waals surface area contributed by atoms with Crippen LogP contribution in [0, 0.1) is 0 Å². The predicted octanol–water partition coefficient (Wildman–Crippen LogP) is 2.45. The average Bonchev–Trinajstić information content (AvgIpc) is 2.60. The Balaban J connectivity index is 1.88. The van der Waals surface area contributed by atoms with Crippen LogP contribution < -0.4 is 10.5 Å². The van der Waals surface area contributed by atoms with E-state index in [1.54, 1.807) is 18.2 Å². The number of hydrogen-bond donors (Lipinski definition) is 1. The fourth-order valence-corrected chi connectivity index (χ4v) is 1.76. The lowest BCUT2D eigenvalue weighted by atomic mass is 10.3. The number of halogens is 1. The number of nitrogen functional groups attached to an aromatic ring is 1. The van der Waals surface area contributed by atoms with Crippen LogP contribution in [-0.4, -0.2) is 25.1 Å².